The highest BCUT2D eigenvalue weighted by Crippen LogP contribution is 2.36. The number of fused-ring (bicyclic) bond motifs is 1. The van der Waals surface area contributed by atoms with Gasteiger partial charge in [0.1, 0.15) is 35.9 Å². The number of halogens is 2. The average molecular weight is 705 g/mol. The van der Waals surface area contributed by atoms with Crippen molar-refractivity contribution in [2.75, 3.05) is 25.5 Å². The summed E-state index contributed by atoms with van der Waals surface area (Å²) >= 11 is 13.3. The molecular formula is C35H35Cl2N7O5. The SMILES string of the molecule is CNC(=O)c1ccc(CCC(=O)NCC(=O)N(C)c2ccc(Cl)c(COc3cccc4c(OCc5cn(C)cn5)cc(C)nc34)c2Cl)cn1. The number of aromatic nitrogens is 4. The Kier molecular flexibility index (Phi) is 11.3. The second-order valence-corrected chi connectivity index (χ2v) is 12.0. The number of likely N-dealkylation sites (N-methyl/N-ethyl adjacent to an activating group) is 1. The van der Waals surface area contributed by atoms with Crippen LogP contribution < -0.4 is 25.0 Å². The first-order valence-corrected chi connectivity index (χ1v) is 16.1. The van der Waals surface area contributed by atoms with Crippen LogP contribution in [0.3, 0.4) is 0 Å². The van der Waals surface area contributed by atoms with Crippen LogP contribution in [0.5, 0.6) is 11.5 Å². The predicted octanol–water partition coefficient (Wildman–Crippen LogP) is 5.21. The zero-order chi connectivity index (χ0) is 35.1. The van der Waals surface area contributed by atoms with E-state index in [4.69, 9.17) is 37.7 Å². The maximum absolute atomic E-state index is 13.1. The highest BCUT2D eigenvalue weighted by molar-refractivity contribution is 6.38. The summed E-state index contributed by atoms with van der Waals surface area (Å²) in [6, 6.07) is 14.0. The Balaban J connectivity index is 1.21. The number of carbonyl (C=O) groups excluding carboxylic acids is 3. The highest BCUT2D eigenvalue weighted by atomic mass is 35.5. The maximum Gasteiger partial charge on any atom is 0.269 e. The number of nitrogens with zero attached hydrogens (tertiary/aromatic N) is 5. The number of para-hydroxylation sites is 1. The van der Waals surface area contributed by atoms with E-state index in [-0.39, 0.29) is 48.0 Å². The number of pyridine rings is 2. The van der Waals surface area contributed by atoms with Gasteiger partial charge >= 0.3 is 0 Å². The number of anilines is 1. The number of aryl methyl sites for hydroxylation is 3. The van der Waals surface area contributed by atoms with Gasteiger partial charge in [-0.2, -0.15) is 0 Å². The zero-order valence-corrected chi connectivity index (χ0v) is 28.9. The Morgan fingerprint density at radius 3 is 2.51 bits per heavy atom. The molecule has 0 fully saturated rings. The third kappa shape index (κ3) is 8.64. The third-order valence-electron chi connectivity index (χ3n) is 7.66. The topological polar surface area (TPSA) is 141 Å². The number of hydrogen-bond acceptors (Lipinski definition) is 8. The summed E-state index contributed by atoms with van der Waals surface area (Å²) in [6.45, 7) is 1.94. The molecule has 0 bridgehead atoms. The second-order valence-electron chi connectivity index (χ2n) is 11.2. The lowest BCUT2D eigenvalue weighted by molar-refractivity contribution is -0.124. The minimum absolute atomic E-state index is 0.00207. The van der Waals surface area contributed by atoms with Gasteiger partial charge in [-0.15, -0.1) is 0 Å². The predicted molar refractivity (Wildman–Crippen MR) is 187 cm³/mol. The first kappa shape index (κ1) is 35.1. The molecule has 3 aromatic heterocycles. The van der Waals surface area contributed by atoms with E-state index < -0.39 is 0 Å². The number of benzene rings is 2. The molecule has 2 N–H and O–H groups in total. The van der Waals surface area contributed by atoms with Crippen LogP contribution in [-0.2, 0) is 36.3 Å². The third-order valence-corrected chi connectivity index (χ3v) is 8.44. The lowest BCUT2D eigenvalue weighted by atomic mass is 10.1. The number of ether oxygens (including phenoxy) is 2. The van der Waals surface area contributed by atoms with Crippen LogP contribution in [0, 0.1) is 6.92 Å². The highest BCUT2D eigenvalue weighted by Gasteiger charge is 2.20. The van der Waals surface area contributed by atoms with Gasteiger partial charge in [0.15, 0.2) is 0 Å². The molecule has 0 saturated heterocycles. The molecule has 0 aliphatic rings. The first-order chi connectivity index (χ1) is 23.5. The summed E-state index contributed by atoms with van der Waals surface area (Å²) in [6.07, 6.45) is 5.70. The first-order valence-electron chi connectivity index (χ1n) is 15.3. The molecular weight excluding hydrogens is 669 g/mol. The smallest absolute Gasteiger partial charge is 0.269 e. The van der Waals surface area contributed by atoms with Gasteiger partial charge in [0.05, 0.1) is 29.3 Å². The molecule has 0 spiro atoms. The Morgan fingerprint density at radius 1 is 1.00 bits per heavy atom. The fraction of sp³-hybridized carbons (Fsp3) is 0.257. The largest absolute Gasteiger partial charge is 0.487 e. The van der Waals surface area contributed by atoms with E-state index in [0.717, 1.165) is 22.3 Å². The Morgan fingerprint density at radius 2 is 1.80 bits per heavy atom. The number of amides is 3. The number of rotatable bonds is 13. The molecule has 49 heavy (non-hydrogen) atoms. The van der Waals surface area contributed by atoms with Crippen molar-refractivity contribution in [1.82, 2.24) is 30.2 Å². The van der Waals surface area contributed by atoms with Crippen molar-refractivity contribution in [3.8, 4) is 11.5 Å². The van der Waals surface area contributed by atoms with Gasteiger partial charge < -0.3 is 29.6 Å². The molecule has 0 saturated carbocycles. The number of nitrogens with one attached hydrogen (secondary N) is 2. The molecule has 14 heteroatoms. The van der Waals surface area contributed by atoms with Gasteiger partial charge in [-0.1, -0.05) is 35.3 Å². The quantitative estimate of drug-likeness (QED) is 0.170. The van der Waals surface area contributed by atoms with Gasteiger partial charge in [0.25, 0.3) is 5.91 Å². The average Bonchev–Trinajstić information content (AvgIpc) is 3.52. The lowest BCUT2D eigenvalue weighted by Crippen LogP contribution is -2.38. The van der Waals surface area contributed by atoms with Crippen molar-refractivity contribution in [1.29, 1.82) is 0 Å². The van der Waals surface area contributed by atoms with Gasteiger partial charge in [0.2, 0.25) is 11.8 Å². The van der Waals surface area contributed by atoms with E-state index in [9.17, 15) is 14.4 Å². The van der Waals surface area contributed by atoms with E-state index in [1.54, 1.807) is 49.9 Å². The summed E-state index contributed by atoms with van der Waals surface area (Å²) in [4.78, 5) is 51.7. The molecule has 0 aliphatic carbocycles. The van der Waals surface area contributed by atoms with Crippen LogP contribution in [0.1, 0.15) is 39.4 Å². The van der Waals surface area contributed by atoms with E-state index >= 15 is 0 Å². The molecule has 2 aromatic carbocycles. The van der Waals surface area contributed by atoms with Gasteiger partial charge in [0, 0.05) is 67.7 Å². The van der Waals surface area contributed by atoms with Crippen LogP contribution in [0.2, 0.25) is 10.0 Å². The molecule has 3 heterocycles. The summed E-state index contributed by atoms with van der Waals surface area (Å²) in [5, 5.41) is 6.54. The van der Waals surface area contributed by atoms with E-state index in [1.165, 1.54) is 11.9 Å². The summed E-state index contributed by atoms with van der Waals surface area (Å²) < 4.78 is 14.2. The molecule has 12 nitrogen and oxygen atoms in total. The molecule has 3 amide bonds. The second kappa shape index (κ2) is 15.8. The Bertz CT molecular complexity index is 2000. The van der Waals surface area contributed by atoms with Gasteiger partial charge in [-0.3, -0.25) is 19.4 Å². The van der Waals surface area contributed by atoms with E-state index in [2.05, 4.69) is 20.6 Å². The molecule has 0 aliphatic heterocycles. The Labute approximate surface area is 293 Å². The van der Waals surface area contributed by atoms with Gasteiger partial charge in [-0.25, -0.2) is 9.97 Å². The normalized spacial score (nSPS) is 10.9. The lowest BCUT2D eigenvalue weighted by Gasteiger charge is -2.21. The van der Waals surface area contributed by atoms with Crippen LogP contribution in [0.4, 0.5) is 5.69 Å². The maximum atomic E-state index is 13.1. The van der Waals surface area contributed by atoms with Crippen molar-refractivity contribution in [3.05, 3.63) is 106 Å². The monoisotopic (exact) mass is 703 g/mol. The molecule has 254 valence electrons. The molecule has 0 radical (unpaired) electrons. The zero-order valence-electron chi connectivity index (χ0n) is 27.4. The van der Waals surface area contributed by atoms with Crippen molar-refractivity contribution in [2.45, 2.75) is 33.0 Å². The van der Waals surface area contributed by atoms with Crippen molar-refractivity contribution in [3.63, 3.8) is 0 Å². The van der Waals surface area contributed by atoms with Crippen molar-refractivity contribution >= 4 is 57.5 Å². The van der Waals surface area contributed by atoms with Gasteiger partial charge in [-0.05, 0) is 49.2 Å². The van der Waals surface area contributed by atoms with Crippen molar-refractivity contribution < 1.29 is 23.9 Å². The molecule has 5 rings (SSSR count). The number of imidazole rings is 1. The molecule has 0 unspecified atom stereocenters. The number of carbonyl (C=O) groups is 3. The Hall–Kier alpha value is -5.20. The number of hydrogen-bond donors (Lipinski definition) is 2. The minimum atomic E-state index is -0.381. The van der Waals surface area contributed by atoms with E-state index in [1.807, 2.05) is 42.9 Å². The van der Waals surface area contributed by atoms with Crippen LogP contribution in [-0.4, -0.2) is 57.9 Å². The molecule has 0 atom stereocenters. The summed E-state index contributed by atoms with van der Waals surface area (Å²) in [7, 11) is 4.99. The van der Waals surface area contributed by atoms with Crippen molar-refractivity contribution in [2.24, 2.45) is 7.05 Å². The summed E-state index contributed by atoms with van der Waals surface area (Å²) in [5.74, 6) is 0.178. The standard InChI is InChI=1S/C35H35Cl2N7O5/c1-21-14-30(48-18-23-17-43(3)20-41-23)24-6-5-7-29(34(24)42-21)49-19-25-26(36)10-12-28(33(25)37)44(4)32(46)16-40-31(45)13-9-22-8-11-27(39-15-22)35(47)38-2/h5-8,10-12,14-15,17,20H,9,13,16,18-19H2,1-4H3,(H,38,47)(H,40,45). The fourth-order valence-corrected chi connectivity index (χ4v) is 5.58. The van der Waals surface area contributed by atoms with E-state index in [0.29, 0.717) is 46.3 Å². The minimum Gasteiger partial charge on any atom is -0.487 e. The van der Waals surface area contributed by atoms with Crippen LogP contribution >= 0.6 is 23.2 Å². The van der Waals surface area contributed by atoms with Crippen LogP contribution in [0.25, 0.3) is 10.9 Å². The fourth-order valence-electron chi connectivity index (χ4n) is 4.98. The van der Waals surface area contributed by atoms with Crippen LogP contribution in [0.15, 0.2) is 67.3 Å². The molecule has 5 aromatic rings. The summed E-state index contributed by atoms with van der Waals surface area (Å²) in [5.41, 5.74) is 4.13.